The maximum absolute atomic E-state index is 13.4. The monoisotopic (exact) mass is 300 g/mol. The lowest BCUT2D eigenvalue weighted by Crippen LogP contribution is -2.24. The van der Waals surface area contributed by atoms with Crippen LogP contribution in [-0.2, 0) is 11.3 Å². The predicted octanol–water partition coefficient (Wildman–Crippen LogP) is 3.35. The van der Waals surface area contributed by atoms with E-state index in [1.54, 1.807) is 12.2 Å². The van der Waals surface area contributed by atoms with Crippen molar-refractivity contribution in [2.75, 3.05) is 12.3 Å². The SMILES string of the molecule is Nc1ccc(F)c(C=CCNC(=O)OCc2ccccc2)c1. The van der Waals surface area contributed by atoms with E-state index in [2.05, 4.69) is 5.32 Å². The van der Waals surface area contributed by atoms with Crippen molar-refractivity contribution in [3.05, 3.63) is 71.6 Å². The molecule has 2 aromatic rings. The molecule has 0 saturated heterocycles. The number of halogens is 1. The third-order valence-corrected chi connectivity index (χ3v) is 2.89. The van der Waals surface area contributed by atoms with Crippen LogP contribution >= 0.6 is 0 Å². The minimum atomic E-state index is -0.526. The molecule has 5 heteroatoms. The first-order chi connectivity index (χ1) is 10.6. The summed E-state index contributed by atoms with van der Waals surface area (Å²) in [5, 5.41) is 2.56. The van der Waals surface area contributed by atoms with Gasteiger partial charge in [0.05, 0.1) is 0 Å². The van der Waals surface area contributed by atoms with Crippen molar-refractivity contribution >= 4 is 17.9 Å². The molecule has 0 aliphatic carbocycles. The van der Waals surface area contributed by atoms with Gasteiger partial charge in [0.25, 0.3) is 0 Å². The van der Waals surface area contributed by atoms with Gasteiger partial charge in [-0.3, -0.25) is 0 Å². The van der Waals surface area contributed by atoms with Crippen LogP contribution in [0.3, 0.4) is 0 Å². The maximum Gasteiger partial charge on any atom is 0.407 e. The molecule has 0 unspecified atom stereocenters. The maximum atomic E-state index is 13.4. The van der Waals surface area contributed by atoms with Gasteiger partial charge < -0.3 is 15.8 Å². The van der Waals surface area contributed by atoms with E-state index in [1.165, 1.54) is 18.2 Å². The van der Waals surface area contributed by atoms with Crippen molar-refractivity contribution in [2.24, 2.45) is 0 Å². The second-order valence-electron chi connectivity index (χ2n) is 4.63. The number of alkyl carbamates (subject to hydrolysis) is 1. The number of amides is 1. The highest BCUT2D eigenvalue weighted by molar-refractivity contribution is 5.67. The Morgan fingerprint density at radius 2 is 2.00 bits per heavy atom. The molecule has 2 aromatic carbocycles. The summed E-state index contributed by atoms with van der Waals surface area (Å²) in [4.78, 5) is 11.5. The van der Waals surface area contributed by atoms with Crippen LogP contribution in [0, 0.1) is 5.82 Å². The molecule has 22 heavy (non-hydrogen) atoms. The summed E-state index contributed by atoms with van der Waals surface area (Å²) in [5.41, 5.74) is 7.35. The minimum absolute atomic E-state index is 0.209. The Labute approximate surface area is 128 Å². The number of carbonyl (C=O) groups is 1. The van der Waals surface area contributed by atoms with Gasteiger partial charge in [0, 0.05) is 17.8 Å². The summed E-state index contributed by atoms with van der Waals surface area (Å²) >= 11 is 0. The normalized spacial score (nSPS) is 10.6. The number of hydrogen-bond acceptors (Lipinski definition) is 3. The molecular weight excluding hydrogens is 283 g/mol. The van der Waals surface area contributed by atoms with Gasteiger partial charge in [-0.05, 0) is 23.8 Å². The molecule has 0 spiro atoms. The summed E-state index contributed by atoms with van der Waals surface area (Å²) in [6, 6.07) is 13.7. The van der Waals surface area contributed by atoms with E-state index in [0.717, 1.165) is 5.56 Å². The van der Waals surface area contributed by atoms with E-state index in [1.807, 2.05) is 30.3 Å². The molecule has 0 atom stereocenters. The highest BCUT2D eigenvalue weighted by Gasteiger charge is 2.01. The molecule has 0 aromatic heterocycles. The fraction of sp³-hybridized carbons (Fsp3) is 0.118. The molecule has 0 aliphatic heterocycles. The van der Waals surface area contributed by atoms with E-state index >= 15 is 0 Å². The lowest BCUT2D eigenvalue weighted by Gasteiger charge is -2.05. The van der Waals surface area contributed by atoms with Crippen LogP contribution < -0.4 is 11.1 Å². The van der Waals surface area contributed by atoms with Gasteiger partial charge in [-0.2, -0.15) is 0 Å². The highest BCUT2D eigenvalue weighted by Crippen LogP contribution is 2.13. The van der Waals surface area contributed by atoms with Gasteiger partial charge in [0.15, 0.2) is 0 Å². The van der Waals surface area contributed by atoms with Gasteiger partial charge in [-0.15, -0.1) is 0 Å². The molecule has 0 heterocycles. The first-order valence-electron chi connectivity index (χ1n) is 6.81. The largest absolute Gasteiger partial charge is 0.445 e. The zero-order valence-electron chi connectivity index (χ0n) is 12.0. The van der Waals surface area contributed by atoms with Gasteiger partial charge in [-0.25, -0.2) is 9.18 Å². The Morgan fingerprint density at radius 3 is 2.77 bits per heavy atom. The van der Waals surface area contributed by atoms with E-state index in [0.29, 0.717) is 11.3 Å². The molecule has 0 bridgehead atoms. The summed E-state index contributed by atoms with van der Waals surface area (Å²) in [6.07, 6.45) is 2.66. The first-order valence-corrected chi connectivity index (χ1v) is 6.81. The summed E-state index contributed by atoms with van der Waals surface area (Å²) in [6.45, 7) is 0.447. The van der Waals surface area contributed by atoms with Crippen LogP contribution in [0.15, 0.2) is 54.6 Å². The van der Waals surface area contributed by atoms with Gasteiger partial charge >= 0.3 is 6.09 Å². The third kappa shape index (κ3) is 4.94. The van der Waals surface area contributed by atoms with Gasteiger partial charge in [0.2, 0.25) is 0 Å². The molecule has 0 radical (unpaired) electrons. The van der Waals surface area contributed by atoms with Crippen LogP contribution in [0.25, 0.3) is 6.08 Å². The lowest BCUT2D eigenvalue weighted by atomic mass is 10.2. The van der Waals surface area contributed by atoms with Crippen LogP contribution in [0.5, 0.6) is 0 Å². The highest BCUT2D eigenvalue weighted by atomic mass is 19.1. The number of ether oxygens (including phenoxy) is 1. The van der Waals surface area contributed by atoms with Crippen molar-refractivity contribution in [2.45, 2.75) is 6.61 Å². The minimum Gasteiger partial charge on any atom is -0.445 e. The van der Waals surface area contributed by atoms with Crippen molar-refractivity contribution in [3.63, 3.8) is 0 Å². The Kier molecular flexibility index (Phi) is 5.54. The second kappa shape index (κ2) is 7.83. The Bertz CT molecular complexity index is 657. The van der Waals surface area contributed by atoms with Crippen molar-refractivity contribution in [3.8, 4) is 0 Å². The molecule has 0 saturated carbocycles. The fourth-order valence-corrected chi connectivity index (χ4v) is 1.79. The molecule has 4 nitrogen and oxygen atoms in total. The summed E-state index contributed by atoms with van der Waals surface area (Å²) in [7, 11) is 0. The van der Waals surface area contributed by atoms with Crippen LogP contribution in [-0.4, -0.2) is 12.6 Å². The van der Waals surface area contributed by atoms with Gasteiger partial charge in [-0.1, -0.05) is 42.5 Å². The van der Waals surface area contributed by atoms with E-state index in [-0.39, 0.29) is 19.0 Å². The van der Waals surface area contributed by atoms with E-state index < -0.39 is 6.09 Å². The number of hydrogen-bond donors (Lipinski definition) is 2. The van der Waals surface area contributed by atoms with Crippen molar-refractivity contribution in [1.82, 2.24) is 5.32 Å². The average molecular weight is 300 g/mol. The van der Waals surface area contributed by atoms with Crippen LogP contribution in [0.4, 0.5) is 14.9 Å². The predicted molar refractivity (Wildman–Crippen MR) is 84.5 cm³/mol. The van der Waals surface area contributed by atoms with Crippen molar-refractivity contribution in [1.29, 1.82) is 0 Å². The Balaban J connectivity index is 1.75. The van der Waals surface area contributed by atoms with Crippen LogP contribution in [0.2, 0.25) is 0 Å². The number of benzene rings is 2. The smallest absolute Gasteiger partial charge is 0.407 e. The summed E-state index contributed by atoms with van der Waals surface area (Å²) in [5.74, 6) is -0.364. The third-order valence-electron chi connectivity index (χ3n) is 2.89. The molecule has 114 valence electrons. The number of nitrogen functional groups attached to an aromatic ring is 1. The fourth-order valence-electron chi connectivity index (χ4n) is 1.79. The number of carbonyl (C=O) groups excluding carboxylic acids is 1. The number of nitrogens with one attached hydrogen (secondary N) is 1. The topological polar surface area (TPSA) is 64.3 Å². The summed E-state index contributed by atoms with van der Waals surface area (Å²) < 4.78 is 18.5. The molecule has 0 fully saturated rings. The lowest BCUT2D eigenvalue weighted by molar-refractivity contribution is 0.141. The van der Waals surface area contributed by atoms with E-state index in [4.69, 9.17) is 10.5 Å². The average Bonchev–Trinajstić information content (AvgIpc) is 2.53. The number of anilines is 1. The van der Waals surface area contributed by atoms with Gasteiger partial charge in [0.1, 0.15) is 12.4 Å². The van der Waals surface area contributed by atoms with Crippen molar-refractivity contribution < 1.29 is 13.9 Å². The number of rotatable bonds is 5. The molecule has 3 N–H and O–H groups in total. The Morgan fingerprint density at radius 1 is 1.23 bits per heavy atom. The number of nitrogens with two attached hydrogens (primary N) is 1. The molecule has 0 aliphatic rings. The quantitative estimate of drug-likeness (QED) is 0.832. The molecule has 2 rings (SSSR count). The Hall–Kier alpha value is -2.82. The van der Waals surface area contributed by atoms with Crippen LogP contribution in [0.1, 0.15) is 11.1 Å². The molecular formula is C17H17FN2O2. The first kappa shape index (κ1) is 15.6. The zero-order valence-corrected chi connectivity index (χ0v) is 12.0. The van der Waals surface area contributed by atoms with E-state index in [9.17, 15) is 9.18 Å². The standard InChI is InChI=1S/C17H17FN2O2/c18-16-9-8-15(19)11-14(16)7-4-10-20-17(21)22-12-13-5-2-1-3-6-13/h1-9,11H,10,12,19H2,(H,20,21). The second-order valence-corrected chi connectivity index (χ2v) is 4.63. The molecule has 1 amide bonds. The zero-order chi connectivity index (χ0) is 15.8.